The summed E-state index contributed by atoms with van der Waals surface area (Å²) in [5.41, 5.74) is 9.58. The molecule has 0 spiro atoms. The van der Waals surface area contributed by atoms with Gasteiger partial charge in [-0.1, -0.05) is 24.6 Å². The smallest absolute Gasteiger partial charge is 0.255 e. The predicted molar refractivity (Wildman–Crippen MR) is 102 cm³/mol. The molecule has 0 radical (unpaired) electrons. The van der Waals surface area contributed by atoms with E-state index in [1.807, 2.05) is 48.9 Å². The number of nitrogens with one attached hydrogen (secondary N) is 1. The summed E-state index contributed by atoms with van der Waals surface area (Å²) in [7, 11) is 0. The molecule has 2 fully saturated rings. The van der Waals surface area contributed by atoms with Crippen LogP contribution in [0, 0.1) is 25.7 Å². The lowest BCUT2D eigenvalue weighted by Crippen LogP contribution is -2.53. The van der Waals surface area contributed by atoms with Crippen molar-refractivity contribution < 1.29 is 4.79 Å². The molecule has 2 aliphatic carbocycles. The highest BCUT2D eigenvalue weighted by Gasteiger charge is 2.40. The largest absolute Gasteiger partial charge is 0.349 e. The Balaban J connectivity index is 1.58. The second kappa shape index (κ2) is 6.88. The highest BCUT2D eigenvalue weighted by atomic mass is 16.1. The minimum absolute atomic E-state index is 0.0135. The normalized spacial score (nSPS) is 28.0. The molecule has 2 bridgehead atoms. The summed E-state index contributed by atoms with van der Waals surface area (Å²) in [6.07, 6.45) is 5.68. The quantitative estimate of drug-likeness (QED) is 0.891. The molecule has 1 aromatic carbocycles. The number of hydrogen-bond acceptors (Lipinski definition) is 3. The molecule has 2 atom stereocenters. The first kappa shape index (κ1) is 17.3. The van der Waals surface area contributed by atoms with Gasteiger partial charge < -0.3 is 11.1 Å². The first-order valence-corrected chi connectivity index (χ1v) is 9.72. The van der Waals surface area contributed by atoms with Crippen molar-refractivity contribution in [2.45, 2.75) is 58.0 Å². The van der Waals surface area contributed by atoms with Crippen LogP contribution in [0.3, 0.4) is 0 Å². The maximum absolute atomic E-state index is 13.1. The van der Waals surface area contributed by atoms with Crippen molar-refractivity contribution in [2.75, 3.05) is 0 Å². The molecule has 0 aliphatic heterocycles. The van der Waals surface area contributed by atoms with Gasteiger partial charge in [0.2, 0.25) is 0 Å². The molecular formula is C21H28N4O. The Morgan fingerprint density at radius 1 is 1.15 bits per heavy atom. The molecule has 2 aliphatic rings. The minimum Gasteiger partial charge on any atom is -0.349 e. The molecule has 4 rings (SSSR count). The second-order valence-corrected chi connectivity index (χ2v) is 7.97. The fourth-order valence-corrected chi connectivity index (χ4v) is 5.04. The van der Waals surface area contributed by atoms with E-state index in [0.29, 0.717) is 23.4 Å². The molecule has 1 aromatic heterocycles. The van der Waals surface area contributed by atoms with Crippen LogP contribution in [-0.4, -0.2) is 27.8 Å². The average Bonchev–Trinajstić information content (AvgIpc) is 2.91. The number of para-hydroxylation sites is 1. The van der Waals surface area contributed by atoms with Crippen molar-refractivity contribution in [2.24, 2.45) is 17.6 Å². The van der Waals surface area contributed by atoms with Gasteiger partial charge >= 0.3 is 0 Å². The highest BCUT2D eigenvalue weighted by molar-refractivity contribution is 5.96. The first-order chi connectivity index (χ1) is 12.5. The van der Waals surface area contributed by atoms with Gasteiger partial charge in [0, 0.05) is 12.1 Å². The zero-order chi connectivity index (χ0) is 18.3. The second-order valence-electron chi connectivity index (χ2n) is 7.97. The number of amides is 1. The maximum Gasteiger partial charge on any atom is 0.255 e. The van der Waals surface area contributed by atoms with E-state index in [2.05, 4.69) is 10.4 Å². The lowest BCUT2D eigenvalue weighted by atomic mass is 9.67. The molecule has 0 saturated heterocycles. The molecule has 2 aromatic rings. The number of carbonyl (C=O) groups is 1. The third kappa shape index (κ3) is 3.05. The molecule has 138 valence electrons. The number of benzene rings is 1. The molecule has 26 heavy (non-hydrogen) atoms. The Hall–Kier alpha value is -2.14. The summed E-state index contributed by atoms with van der Waals surface area (Å²) in [6, 6.07) is 10.5. The van der Waals surface area contributed by atoms with Crippen LogP contribution in [0.15, 0.2) is 30.3 Å². The lowest BCUT2D eigenvalue weighted by Gasteiger charge is -2.45. The van der Waals surface area contributed by atoms with Crippen LogP contribution in [0.4, 0.5) is 0 Å². The number of aromatic nitrogens is 2. The Labute approximate surface area is 155 Å². The van der Waals surface area contributed by atoms with E-state index in [1.165, 1.54) is 19.3 Å². The van der Waals surface area contributed by atoms with Crippen molar-refractivity contribution in [3.63, 3.8) is 0 Å². The van der Waals surface area contributed by atoms with E-state index < -0.39 is 0 Å². The van der Waals surface area contributed by atoms with Gasteiger partial charge in [0.25, 0.3) is 5.91 Å². The molecule has 2 unspecified atom stereocenters. The monoisotopic (exact) mass is 352 g/mol. The van der Waals surface area contributed by atoms with Crippen LogP contribution in [0.5, 0.6) is 0 Å². The van der Waals surface area contributed by atoms with Crippen molar-refractivity contribution in [3.8, 4) is 5.69 Å². The van der Waals surface area contributed by atoms with Gasteiger partial charge in [0.1, 0.15) is 0 Å². The van der Waals surface area contributed by atoms with Crippen LogP contribution in [-0.2, 0) is 0 Å². The van der Waals surface area contributed by atoms with E-state index in [-0.39, 0.29) is 11.9 Å². The fraction of sp³-hybridized carbons (Fsp3) is 0.524. The van der Waals surface area contributed by atoms with Gasteiger partial charge in [0.15, 0.2) is 0 Å². The van der Waals surface area contributed by atoms with Crippen molar-refractivity contribution in [1.29, 1.82) is 0 Å². The van der Waals surface area contributed by atoms with Crippen LogP contribution >= 0.6 is 0 Å². The van der Waals surface area contributed by atoms with Crippen molar-refractivity contribution >= 4 is 5.91 Å². The molecule has 3 N–H and O–H groups in total. The minimum atomic E-state index is 0.0135. The zero-order valence-corrected chi connectivity index (χ0v) is 15.6. The summed E-state index contributed by atoms with van der Waals surface area (Å²) in [5.74, 6) is 1.05. The summed E-state index contributed by atoms with van der Waals surface area (Å²) in [4.78, 5) is 13.1. The number of rotatable bonds is 3. The van der Waals surface area contributed by atoms with Gasteiger partial charge in [-0.05, 0) is 63.5 Å². The Kier molecular flexibility index (Phi) is 4.57. The molecular weight excluding hydrogens is 324 g/mol. The van der Waals surface area contributed by atoms with Crippen LogP contribution in [0.1, 0.15) is 53.8 Å². The van der Waals surface area contributed by atoms with E-state index in [4.69, 9.17) is 5.73 Å². The first-order valence-electron chi connectivity index (χ1n) is 9.72. The fourth-order valence-electron chi connectivity index (χ4n) is 5.04. The summed E-state index contributed by atoms with van der Waals surface area (Å²) in [6.45, 7) is 3.89. The van der Waals surface area contributed by atoms with Gasteiger partial charge in [-0.2, -0.15) is 5.10 Å². The number of nitrogens with zero attached hydrogens (tertiary/aromatic N) is 2. The number of fused-ring (bicyclic) bond motifs is 2. The lowest BCUT2D eigenvalue weighted by molar-refractivity contribution is 0.0755. The third-order valence-electron chi connectivity index (χ3n) is 6.19. The van der Waals surface area contributed by atoms with Gasteiger partial charge in [-0.25, -0.2) is 4.68 Å². The summed E-state index contributed by atoms with van der Waals surface area (Å²) in [5, 5.41) is 7.97. The molecule has 2 saturated carbocycles. The van der Waals surface area contributed by atoms with Gasteiger partial charge in [0.05, 0.1) is 22.6 Å². The summed E-state index contributed by atoms with van der Waals surface area (Å²) >= 11 is 0. The standard InChI is InChI=1S/C21H28N4O/c1-13-19(14(2)25(24-13)18-9-4-3-5-10-18)21(26)23-20-15-7-6-8-16(20)12-17(22)11-15/h3-5,9-10,15-17,20H,6-8,11-12,22H2,1-2H3,(H,23,26). The average molecular weight is 352 g/mol. The molecule has 5 heteroatoms. The number of hydrogen-bond donors (Lipinski definition) is 2. The van der Waals surface area contributed by atoms with Gasteiger partial charge in [-0.15, -0.1) is 0 Å². The predicted octanol–water partition coefficient (Wildman–Crippen LogP) is 3.12. The van der Waals surface area contributed by atoms with E-state index >= 15 is 0 Å². The van der Waals surface area contributed by atoms with E-state index in [1.54, 1.807) is 0 Å². The van der Waals surface area contributed by atoms with E-state index in [0.717, 1.165) is 29.9 Å². The summed E-state index contributed by atoms with van der Waals surface area (Å²) < 4.78 is 1.86. The van der Waals surface area contributed by atoms with Crippen molar-refractivity contribution in [1.82, 2.24) is 15.1 Å². The number of aryl methyl sites for hydroxylation is 1. The Morgan fingerprint density at radius 2 is 1.81 bits per heavy atom. The van der Waals surface area contributed by atoms with Crippen LogP contribution < -0.4 is 11.1 Å². The van der Waals surface area contributed by atoms with Gasteiger partial charge in [-0.3, -0.25) is 4.79 Å². The Morgan fingerprint density at radius 3 is 2.46 bits per heavy atom. The highest BCUT2D eigenvalue weighted by Crippen LogP contribution is 2.39. The topological polar surface area (TPSA) is 72.9 Å². The van der Waals surface area contributed by atoms with Crippen molar-refractivity contribution in [3.05, 3.63) is 47.3 Å². The molecule has 1 amide bonds. The van der Waals surface area contributed by atoms with Crippen LogP contribution in [0.2, 0.25) is 0 Å². The van der Waals surface area contributed by atoms with Crippen LogP contribution in [0.25, 0.3) is 5.69 Å². The third-order valence-corrected chi connectivity index (χ3v) is 6.19. The zero-order valence-electron chi connectivity index (χ0n) is 15.6. The number of carbonyl (C=O) groups excluding carboxylic acids is 1. The SMILES string of the molecule is Cc1nn(-c2ccccc2)c(C)c1C(=O)NC1C2CCCC1CC(N)C2. The maximum atomic E-state index is 13.1. The van der Waals surface area contributed by atoms with E-state index in [9.17, 15) is 4.79 Å². The Bertz CT molecular complexity index is 784. The molecule has 1 heterocycles. The number of nitrogens with two attached hydrogens (primary N) is 1. The molecule has 5 nitrogen and oxygen atoms in total.